The number of rotatable bonds is 6. The molecule has 5 nitrogen and oxygen atoms in total. The lowest BCUT2D eigenvalue weighted by atomic mass is 9.88. The average Bonchev–Trinajstić information content (AvgIpc) is 3.31. The number of Topliss-reactive ketones (excluding diaryl/α,β-unsaturated/α-hetero) is 1. The van der Waals surface area contributed by atoms with E-state index < -0.39 is 23.3 Å². The Morgan fingerprint density at radius 1 is 0.971 bits per heavy atom. The van der Waals surface area contributed by atoms with E-state index in [2.05, 4.69) is 4.98 Å². The predicted molar refractivity (Wildman–Crippen MR) is 129 cm³/mol. The van der Waals surface area contributed by atoms with Crippen LogP contribution in [0.15, 0.2) is 76.4 Å². The summed E-state index contributed by atoms with van der Waals surface area (Å²) < 4.78 is 33.3. The Bertz CT molecular complexity index is 1360. The maximum absolute atomic E-state index is 14.0. The first-order valence-electron chi connectivity index (χ1n) is 11.3. The molecule has 0 saturated carbocycles. The van der Waals surface area contributed by atoms with Crippen LogP contribution in [-0.2, 0) is 5.75 Å². The van der Waals surface area contributed by atoms with Gasteiger partial charge in [-0.15, -0.1) is 0 Å². The summed E-state index contributed by atoms with van der Waals surface area (Å²) in [5.74, 6) is -1.82. The third-order valence-electron chi connectivity index (χ3n) is 6.22. The Morgan fingerprint density at radius 2 is 1.71 bits per heavy atom. The molecule has 4 aromatic rings. The fourth-order valence-electron chi connectivity index (χ4n) is 4.33. The Kier molecular flexibility index (Phi) is 6.63. The second-order valence-electron chi connectivity index (χ2n) is 8.45. The molecule has 0 radical (unpaired) electrons. The molecule has 0 atom stereocenters. The number of hydrogen-bond acceptors (Lipinski definition) is 5. The van der Waals surface area contributed by atoms with Crippen LogP contribution in [0.5, 0.6) is 0 Å². The van der Waals surface area contributed by atoms with Crippen LogP contribution in [0.3, 0.4) is 0 Å². The van der Waals surface area contributed by atoms with E-state index in [1.165, 1.54) is 11.8 Å². The van der Waals surface area contributed by atoms with Gasteiger partial charge in [0, 0.05) is 30.3 Å². The van der Waals surface area contributed by atoms with Gasteiger partial charge in [0.25, 0.3) is 11.1 Å². The van der Waals surface area contributed by atoms with E-state index in [0.29, 0.717) is 42.5 Å². The van der Waals surface area contributed by atoms with Crippen LogP contribution in [0.25, 0.3) is 11.1 Å². The van der Waals surface area contributed by atoms with Gasteiger partial charge in [0.05, 0.1) is 5.56 Å². The fourth-order valence-corrected chi connectivity index (χ4v) is 5.17. The van der Waals surface area contributed by atoms with Crippen LogP contribution in [0.4, 0.5) is 8.78 Å². The van der Waals surface area contributed by atoms with Crippen molar-refractivity contribution in [3.8, 4) is 0 Å². The molecule has 1 amide bonds. The monoisotopic (exact) mass is 492 g/mol. The predicted octanol–water partition coefficient (Wildman–Crippen LogP) is 6.13. The summed E-state index contributed by atoms with van der Waals surface area (Å²) in [6.07, 6.45) is 0.806. The summed E-state index contributed by atoms with van der Waals surface area (Å²) in [6.45, 7) is 0.748. The van der Waals surface area contributed by atoms with Gasteiger partial charge in [0.2, 0.25) is 0 Å². The van der Waals surface area contributed by atoms with Crippen LogP contribution in [0.1, 0.15) is 39.1 Å². The number of halogens is 2. The number of nitrogens with zero attached hydrogens (tertiary/aromatic N) is 2. The maximum atomic E-state index is 14.0. The zero-order chi connectivity index (χ0) is 24.4. The number of likely N-dealkylation sites (tertiary alicyclic amines) is 1. The normalized spacial score (nSPS) is 14.4. The lowest BCUT2D eigenvalue weighted by molar-refractivity contribution is 0.0648. The van der Waals surface area contributed by atoms with Crippen LogP contribution in [0.2, 0.25) is 0 Å². The van der Waals surface area contributed by atoms with Crippen LogP contribution >= 0.6 is 11.8 Å². The SMILES string of the molecule is O=C(c1cc(F)ccc1F)C1CCN(C(=O)c2ccccc2CSc2nc3ccccc3o2)CC1. The van der Waals surface area contributed by atoms with Gasteiger partial charge < -0.3 is 9.32 Å². The zero-order valence-corrected chi connectivity index (χ0v) is 19.6. The van der Waals surface area contributed by atoms with Gasteiger partial charge in [0.15, 0.2) is 11.4 Å². The number of fused-ring (bicyclic) bond motifs is 1. The van der Waals surface area contributed by atoms with Crippen molar-refractivity contribution in [3.63, 3.8) is 0 Å². The largest absolute Gasteiger partial charge is 0.431 e. The number of benzene rings is 3. The molecule has 1 aliphatic rings. The van der Waals surface area contributed by atoms with Gasteiger partial charge in [-0.1, -0.05) is 42.1 Å². The Hall–Kier alpha value is -3.52. The number of carbonyl (C=O) groups excluding carboxylic acids is 2. The van der Waals surface area contributed by atoms with Crippen LogP contribution in [-0.4, -0.2) is 34.7 Å². The molecule has 8 heteroatoms. The third kappa shape index (κ3) is 4.98. The molecule has 0 unspecified atom stereocenters. The number of aromatic nitrogens is 1. The van der Waals surface area contributed by atoms with E-state index in [-0.39, 0.29) is 11.5 Å². The lowest BCUT2D eigenvalue weighted by Gasteiger charge is -2.32. The van der Waals surface area contributed by atoms with Crippen molar-refractivity contribution in [3.05, 3.63) is 95.1 Å². The number of hydrogen-bond donors (Lipinski definition) is 0. The van der Waals surface area contributed by atoms with Crippen molar-refractivity contribution >= 4 is 34.6 Å². The molecule has 3 aromatic carbocycles. The van der Waals surface area contributed by atoms with Crippen molar-refractivity contribution in [2.75, 3.05) is 13.1 Å². The topological polar surface area (TPSA) is 63.4 Å². The smallest absolute Gasteiger partial charge is 0.257 e. The van der Waals surface area contributed by atoms with E-state index in [1.807, 2.05) is 42.5 Å². The molecule has 1 fully saturated rings. The van der Waals surface area contributed by atoms with Gasteiger partial charge in [-0.25, -0.2) is 13.8 Å². The number of oxazole rings is 1. The summed E-state index contributed by atoms with van der Waals surface area (Å²) in [4.78, 5) is 32.2. The third-order valence-corrected chi connectivity index (χ3v) is 7.10. The van der Waals surface area contributed by atoms with Crippen molar-refractivity contribution in [1.29, 1.82) is 0 Å². The highest BCUT2D eigenvalue weighted by Crippen LogP contribution is 2.29. The van der Waals surface area contributed by atoms with Gasteiger partial charge in [-0.05, 0) is 54.8 Å². The summed E-state index contributed by atoms with van der Waals surface area (Å²) >= 11 is 1.42. The van der Waals surface area contributed by atoms with Crippen LogP contribution in [0, 0.1) is 17.6 Å². The van der Waals surface area contributed by atoms with Crippen LogP contribution < -0.4 is 0 Å². The fraction of sp³-hybridized carbons (Fsp3) is 0.222. The molecule has 178 valence electrons. The zero-order valence-electron chi connectivity index (χ0n) is 18.7. The molecule has 0 spiro atoms. The van der Waals surface area contributed by atoms with Gasteiger partial charge in [-0.3, -0.25) is 9.59 Å². The second-order valence-corrected chi connectivity index (χ2v) is 9.37. The molecule has 0 aliphatic carbocycles. The number of amides is 1. The number of carbonyl (C=O) groups is 2. The van der Waals surface area contributed by atoms with Crippen molar-refractivity contribution < 1.29 is 22.8 Å². The number of thioether (sulfide) groups is 1. The molecule has 35 heavy (non-hydrogen) atoms. The molecule has 5 rings (SSSR count). The van der Waals surface area contributed by atoms with E-state index in [1.54, 1.807) is 11.0 Å². The average molecular weight is 493 g/mol. The summed E-state index contributed by atoms with van der Waals surface area (Å²) in [5.41, 5.74) is 2.74. The molecular formula is C27H22F2N2O3S. The van der Waals surface area contributed by atoms with Crippen molar-refractivity contribution in [2.24, 2.45) is 5.92 Å². The molecular weight excluding hydrogens is 470 g/mol. The number of para-hydroxylation sites is 2. The standard InChI is InChI=1S/C27H22F2N2O3S/c28-19-9-10-22(29)21(15-19)25(32)17-11-13-31(14-12-17)26(33)20-6-2-1-5-18(20)16-35-27-30-23-7-3-4-8-24(23)34-27/h1-10,15,17H,11-14,16H2. The number of piperidine rings is 1. The minimum absolute atomic E-state index is 0.110. The lowest BCUT2D eigenvalue weighted by Crippen LogP contribution is -2.40. The summed E-state index contributed by atoms with van der Waals surface area (Å²) in [6, 6.07) is 17.9. The highest BCUT2D eigenvalue weighted by atomic mass is 32.2. The molecule has 1 aromatic heterocycles. The van der Waals surface area contributed by atoms with E-state index >= 15 is 0 Å². The minimum atomic E-state index is -0.722. The van der Waals surface area contributed by atoms with Gasteiger partial charge >= 0.3 is 0 Å². The van der Waals surface area contributed by atoms with E-state index in [0.717, 1.165) is 34.9 Å². The highest BCUT2D eigenvalue weighted by Gasteiger charge is 2.30. The Labute approximate surface area is 205 Å². The quantitative estimate of drug-likeness (QED) is 0.239. The molecule has 0 N–H and O–H groups in total. The van der Waals surface area contributed by atoms with Gasteiger partial charge in [-0.2, -0.15) is 0 Å². The molecule has 0 bridgehead atoms. The Balaban J connectivity index is 1.24. The minimum Gasteiger partial charge on any atom is -0.431 e. The Morgan fingerprint density at radius 3 is 2.51 bits per heavy atom. The molecule has 2 heterocycles. The van der Waals surface area contributed by atoms with Crippen molar-refractivity contribution in [1.82, 2.24) is 9.88 Å². The van der Waals surface area contributed by atoms with E-state index in [9.17, 15) is 18.4 Å². The number of ketones is 1. The van der Waals surface area contributed by atoms with E-state index in [4.69, 9.17) is 4.42 Å². The molecule has 1 aliphatic heterocycles. The summed E-state index contributed by atoms with van der Waals surface area (Å²) in [5, 5.41) is 0.539. The first kappa shape index (κ1) is 23.2. The second kappa shape index (κ2) is 10.00. The molecule has 1 saturated heterocycles. The van der Waals surface area contributed by atoms with Crippen molar-refractivity contribution in [2.45, 2.75) is 23.8 Å². The maximum Gasteiger partial charge on any atom is 0.257 e. The first-order valence-corrected chi connectivity index (χ1v) is 12.3. The summed E-state index contributed by atoms with van der Waals surface area (Å²) in [7, 11) is 0. The first-order chi connectivity index (χ1) is 17.0. The van der Waals surface area contributed by atoms with Gasteiger partial charge in [0.1, 0.15) is 17.2 Å². The highest BCUT2D eigenvalue weighted by molar-refractivity contribution is 7.98.